The molecule has 1 aliphatic rings. The van der Waals surface area contributed by atoms with Crippen LogP contribution in [0.3, 0.4) is 0 Å². The second kappa shape index (κ2) is 8.50. The van der Waals surface area contributed by atoms with Gasteiger partial charge >= 0.3 is 5.97 Å². The van der Waals surface area contributed by atoms with Crippen LogP contribution in [-0.2, 0) is 14.8 Å². The van der Waals surface area contributed by atoms with Crippen LogP contribution in [0.4, 0.5) is 0 Å². The summed E-state index contributed by atoms with van der Waals surface area (Å²) >= 11 is 0. The van der Waals surface area contributed by atoms with E-state index in [0.717, 1.165) is 19.6 Å². The summed E-state index contributed by atoms with van der Waals surface area (Å²) in [5.41, 5.74) is 0. The first-order valence-electron chi connectivity index (χ1n) is 6.91. The summed E-state index contributed by atoms with van der Waals surface area (Å²) in [5, 5.41) is 8.46. The van der Waals surface area contributed by atoms with E-state index in [9.17, 15) is 13.2 Å². The Kier molecular flexibility index (Phi) is 7.33. The minimum absolute atomic E-state index is 0.104. The molecule has 0 amide bonds. The summed E-state index contributed by atoms with van der Waals surface area (Å²) in [7, 11) is -3.33. The third-order valence-electron chi connectivity index (χ3n) is 3.25. The zero-order chi connectivity index (χ0) is 14.1. The highest BCUT2D eigenvalue weighted by Gasteiger charge is 2.13. The van der Waals surface area contributed by atoms with E-state index in [1.165, 1.54) is 25.7 Å². The van der Waals surface area contributed by atoms with E-state index in [2.05, 4.69) is 9.62 Å². The van der Waals surface area contributed by atoms with Gasteiger partial charge in [-0.3, -0.25) is 4.79 Å². The average molecular weight is 292 g/mol. The molecular weight excluding hydrogens is 268 g/mol. The Hall–Kier alpha value is -0.660. The minimum Gasteiger partial charge on any atom is -0.481 e. The Balaban J connectivity index is 2.17. The number of rotatable bonds is 8. The van der Waals surface area contributed by atoms with Crippen LogP contribution in [0.2, 0.25) is 0 Å². The van der Waals surface area contributed by atoms with E-state index in [-0.39, 0.29) is 18.6 Å². The first kappa shape index (κ1) is 16.4. The predicted molar refractivity (Wildman–Crippen MR) is 73.6 cm³/mol. The summed E-state index contributed by atoms with van der Waals surface area (Å²) < 4.78 is 25.7. The standard InChI is InChI=1S/C12H24N2O4S/c15-12(16)6-5-11-19(17,18)13-7-10-14-8-3-1-2-4-9-14/h13H,1-11H2,(H,15,16). The molecule has 0 aromatic rings. The number of hydrogen-bond acceptors (Lipinski definition) is 4. The van der Waals surface area contributed by atoms with Crippen molar-refractivity contribution in [1.82, 2.24) is 9.62 Å². The van der Waals surface area contributed by atoms with Gasteiger partial charge in [0.25, 0.3) is 0 Å². The maximum absolute atomic E-state index is 11.6. The van der Waals surface area contributed by atoms with E-state index < -0.39 is 16.0 Å². The number of hydrogen-bond donors (Lipinski definition) is 2. The average Bonchev–Trinajstić information content (AvgIpc) is 2.56. The zero-order valence-electron chi connectivity index (χ0n) is 11.3. The van der Waals surface area contributed by atoms with Gasteiger partial charge in [0.1, 0.15) is 0 Å². The number of nitrogens with one attached hydrogen (secondary N) is 1. The van der Waals surface area contributed by atoms with Crippen LogP contribution in [0.5, 0.6) is 0 Å². The van der Waals surface area contributed by atoms with Gasteiger partial charge in [-0.2, -0.15) is 0 Å². The molecule has 1 aliphatic heterocycles. The molecule has 0 aromatic heterocycles. The van der Waals surface area contributed by atoms with Crippen LogP contribution in [0.15, 0.2) is 0 Å². The van der Waals surface area contributed by atoms with Crippen molar-refractivity contribution in [3.63, 3.8) is 0 Å². The fraction of sp³-hybridized carbons (Fsp3) is 0.917. The lowest BCUT2D eigenvalue weighted by molar-refractivity contribution is -0.137. The molecule has 0 aromatic carbocycles. The third kappa shape index (κ3) is 8.18. The fourth-order valence-electron chi connectivity index (χ4n) is 2.20. The predicted octanol–water partition coefficient (Wildman–Crippen LogP) is 0.647. The maximum atomic E-state index is 11.6. The molecule has 0 bridgehead atoms. The lowest BCUT2D eigenvalue weighted by Crippen LogP contribution is -2.36. The summed E-state index contributed by atoms with van der Waals surface area (Å²) in [6.45, 7) is 3.23. The van der Waals surface area contributed by atoms with Gasteiger partial charge in [0, 0.05) is 19.5 Å². The number of sulfonamides is 1. The number of nitrogens with zero attached hydrogens (tertiary/aromatic N) is 1. The molecule has 0 aliphatic carbocycles. The van der Waals surface area contributed by atoms with Crippen molar-refractivity contribution in [1.29, 1.82) is 0 Å². The third-order valence-corrected chi connectivity index (χ3v) is 4.72. The molecular formula is C12H24N2O4S. The van der Waals surface area contributed by atoms with Crippen molar-refractivity contribution in [2.45, 2.75) is 38.5 Å². The van der Waals surface area contributed by atoms with Gasteiger partial charge in [0.05, 0.1) is 5.75 Å². The molecule has 0 atom stereocenters. The van der Waals surface area contributed by atoms with Crippen molar-refractivity contribution in [3.8, 4) is 0 Å². The molecule has 112 valence electrons. The van der Waals surface area contributed by atoms with Crippen LogP contribution >= 0.6 is 0 Å². The van der Waals surface area contributed by atoms with Crippen molar-refractivity contribution in [3.05, 3.63) is 0 Å². The molecule has 7 heteroatoms. The van der Waals surface area contributed by atoms with Crippen molar-refractivity contribution in [2.75, 3.05) is 31.9 Å². The van der Waals surface area contributed by atoms with Crippen LogP contribution in [0.1, 0.15) is 38.5 Å². The highest BCUT2D eigenvalue weighted by atomic mass is 32.2. The normalized spacial score (nSPS) is 18.1. The van der Waals surface area contributed by atoms with Gasteiger partial charge in [0.2, 0.25) is 10.0 Å². The maximum Gasteiger partial charge on any atom is 0.303 e. The monoisotopic (exact) mass is 292 g/mol. The second-order valence-corrected chi connectivity index (χ2v) is 6.89. The summed E-state index contributed by atoms with van der Waals surface area (Å²) in [6.07, 6.45) is 4.95. The molecule has 1 saturated heterocycles. The van der Waals surface area contributed by atoms with Crippen LogP contribution in [-0.4, -0.2) is 56.3 Å². The van der Waals surface area contributed by atoms with E-state index in [4.69, 9.17) is 5.11 Å². The van der Waals surface area contributed by atoms with E-state index in [1.807, 2.05) is 0 Å². The molecule has 19 heavy (non-hydrogen) atoms. The molecule has 0 spiro atoms. The molecule has 0 radical (unpaired) electrons. The summed E-state index contributed by atoms with van der Waals surface area (Å²) in [5.74, 6) is -1.07. The minimum atomic E-state index is -3.33. The molecule has 2 N–H and O–H groups in total. The van der Waals surface area contributed by atoms with E-state index >= 15 is 0 Å². The largest absolute Gasteiger partial charge is 0.481 e. The Morgan fingerprint density at radius 2 is 1.79 bits per heavy atom. The quantitative estimate of drug-likeness (QED) is 0.686. The van der Waals surface area contributed by atoms with Gasteiger partial charge in [-0.25, -0.2) is 13.1 Å². The first-order chi connectivity index (χ1) is 8.99. The fourth-order valence-corrected chi connectivity index (χ4v) is 3.28. The Labute approximate surface area is 115 Å². The smallest absolute Gasteiger partial charge is 0.303 e. The van der Waals surface area contributed by atoms with Crippen LogP contribution in [0.25, 0.3) is 0 Å². The van der Waals surface area contributed by atoms with E-state index in [0.29, 0.717) is 6.54 Å². The summed E-state index contributed by atoms with van der Waals surface area (Å²) in [6, 6.07) is 0. The topological polar surface area (TPSA) is 86.7 Å². The Morgan fingerprint density at radius 3 is 2.37 bits per heavy atom. The lowest BCUT2D eigenvalue weighted by atomic mass is 10.2. The van der Waals surface area contributed by atoms with Gasteiger partial charge in [-0.05, 0) is 32.4 Å². The van der Waals surface area contributed by atoms with E-state index in [1.54, 1.807) is 0 Å². The van der Waals surface area contributed by atoms with Gasteiger partial charge in [-0.1, -0.05) is 12.8 Å². The van der Waals surface area contributed by atoms with Crippen molar-refractivity contribution >= 4 is 16.0 Å². The van der Waals surface area contributed by atoms with Crippen molar-refractivity contribution in [2.24, 2.45) is 0 Å². The Morgan fingerprint density at radius 1 is 1.16 bits per heavy atom. The number of carbonyl (C=O) groups is 1. The first-order valence-corrected chi connectivity index (χ1v) is 8.56. The molecule has 1 rings (SSSR count). The number of aliphatic carboxylic acids is 1. The van der Waals surface area contributed by atoms with Gasteiger partial charge in [-0.15, -0.1) is 0 Å². The highest BCUT2D eigenvalue weighted by Crippen LogP contribution is 2.08. The van der Waals surface area contributed by atoms with Gasteiger partial charge in [0.15, 0.2) is 0 Å². The summed E-state index contributed by atoms with van der Waals surface area (Å²) in [4.78, 5) is 12.6. The molecule has 1 heterocycles. The molecule has 0 saturated carbocycles. The lowest BCUT2D eigenvalue weighted by Gasteiger charge is -2.19. The van der Waals surface area contributed by atoms with Crippen molar-refractivity contribution < 1.29 is 18.3 Å². The highest BCUT2D eigenvalue weighted by molar-refractivity contribution is 7.89. The number of likely N-dealkylation sites (tertiary alicyclic amines) is 1. The number of carboxylic acid groups (broad SMARTS) is 1. The number of carboxylic acids is 1. The second-order valence-electron chi connectivity index (χ2n) is 4.97. The molecule has 1 fully saturated rings. The zero-order valence-corrected chi connectivity index (χ0v) is 12.1. The van der Waals surface area contributed by atoms with Crippen LogP contribution < -0.4 is 4.72 Å². The van der Waals surface area contributed by atoms with Gasteiger partial charge < -0.3 is 10.0 Å². The molecule has 6 nitrogen and oxygen atoms in total. The SMILES string of the molecule is O=C(O)CCCS(=O)(=O)NCCN1CCCCCC1. The molecule has 0 unspecified atom stereocenters. The Bertz CT molecular complexity index is 362. The van der Waals surface area contributed by atoms with Crippen LogP contribution in [0, 0.1) is 0 Å².